The van der Waals surface area contributed by atoms with Gasteiger partial charge in [0.1, 0.15) is 31.6 Å². The highest BCUT2D eigenvalue weighted by Gasteiger charge is 2.35. The van der Waals surface area contributed by atoms with Crippen LogP contribution >= 0.6 is 23.2 Å². The molecule has 0 fully saturated rings. The Bertz CT molecular complexity index is 1900. The van der Waals surface area contributed by atoms with Crippen LogP contribution in [0.5, 0.6) is 11.5 Å². The van der Waals surface area contributed by atoms with Gasteiger partial charge in [-0.3, -0.25) is 13.9 Å². The third kappa shape index (κ3) is 8.83. The number of carbonyl (C=O) groups is 2. The number of fused-ring (bicyclic) bond motifs is 1. The van der Waals surface area contributed by atoms with E-state index in [9.17, 15) is 22.4 Å². The Morgan fingerprint density at radius 2 is 1.57 bits per heavy atom. The molecule has 0 bridgehead atoms. The fourth-order valence-electron chi connectivity index (χ4n) is 5.28. The Labute approximate surface area is 295 Å². The summed E-state index contributed by atoms with van der Waals surface area (Å²) in [5.41, 5.74) is 1.40. The number of amides is 2. The van der Waals surface area contributed by atoms with Crippen molar-refractivity contribution in [1.82, 2.24) is 10.2 Å². The normalized spacial score (nSPS) is 13.7. The largest absolute Gasteiger partial charge is 0.486 e. The third-order valence-electron chi connectivity index (χ3n) is 8.10. The first-order valence-corrected chi connectivity index (χ1v) is 17.9. The molecule has 0 saturated carbocycles. The van der Waals surface area contributed by atoms with Gasteiger partial charge in [-0.2, -0.15) is 0 Å². The van der Waals surface area contributed by atoms with Crippen LogP contribution in [0.25, 0.3) is 0 Å². The molecule has 1 aliphatic rings. The maximum Gasteiger partial charge on any atom is 0.264 e. The lowest BCUT2D eigenvalue weighted by Crippen LogP contribution is -2.54. The molecule has 0 saturated heterocycles. The molecule has 1 N–H and O–H groups in total. The van der Waals surface area contributed by atoms with Crippen LogP contribution in [-0.4, -0.2) is 57.0 Å². The summed E-state index contributed by atoms with van der Waals surface area (Å²) in [7, 11) is -4.45. The van der Waals surface area contributed by atoms with Gasteiger partial charge in [0.05, 0.1) is 20.6 Å². The predicted octanol–water partition coefficient (Wildman–Crippen LogP) is 6.65. The van der Waals surface area contributed by atoms with Crippen molar-refractivity contribution in [2.45, 2.75) is 50.2 Å². The molecule has 2 amide bonds. The first kappa shape index (κ1) is 36.0. The molecule has 9 nitrogen and oxygen atoms in total. The average molecular weight is 729 g/mol. The summed E-state index contributed by atoms with van der Waals surface area (Å²) >= 11 is 12.5. The van der Waals surface area contributed by atoms with E-state index >= 15 is 0 Å². The van der Waals surface area contributed by atoms with Crippen LogP contribution in [0.15, 0.2) is 95.9 Å². The Balaban J connectivity index is 1.59. The number of halogens is 3. The number of sulfonamides is 1. The van der Waals surface area contributed by atoms with E-state index < -0.39 is 40.2 Å². The van der Waals surface area contributed by atoms with Gasteiger partial charge < -0.3 is 19.7 Å². The molecule has 4 aromatic rings. The molecular weight excluding hydrogens is 692 g/mol. The molecule has 258 valence electrons. The zero-order valence-corrected chi connectivity index (χ0v) is 29.3. The molecule has 5 rings (SSSR count). The van der Waals surface area contributed by atoms with Crippen molar-refractivity contribution in [3.8, 4) is 11.5 Å². The topological polar surface area (TPSA) is 105 Å². The predicted molar refractivity (Wildman–Crippen MR) is 187 cm³/mol. The van der Waals surface area contributed by atoms with Crippen molar-refractivity contribution in [1.29, 1.82) is 0 Å². The Morgan fingerprint density at radius 1 is 0.878 bits per heavy atom. The molecule has 13 heteroatoms. The Morgan fingerprint density at radius 3 is 2.24 bits per heavy atom. The van der Waals surface area contributed by atoms with Crippen LogP contribution in [0.1, 0.15) is 31.4 Å². The minimum Gasteiger partial charge on any atom is -0.486 e. The summed E-state index contributed by atoms with van der Waals surface area (Å²) in [5.74, 6) is -1.05. The smallest absolute Gasteiger partial charge is 0.264 e. The fraction of sp³-hybridized carbons (Fsp3) is 0.278. The molecule has 0 spiro atoms. The van der Waals surface area contributed by atoms with Crippen LogP contribution in [0.4, 0.5) is 10.1 Å². The summed E-state index contributed by atoms with van der Waals surface area (Å²) in [4.78, 5) is 29.8. The highest BCUT2D eigenvalue weighted by molar-refractivity contribution is 7.92. The first-order chi connectivity index (χ1) is 23.5. The summed E-state index contributed by atoms with van der Waals surface area (Å²) in [6.07, 6.45) is 0.790. The van der Waals surface area contributed by atoms with Crippen molar-refractivity contribution in [3.63, 3.8) is 0 Å². The number of nitrogens with zero attached hydrogens (tertiary/aromatic N) is 2. The lowest BCUT2D eigenvalue weighted by atomic mass is 10.0. The van der Waals surface area contributed by atoms with E-state index in [4.69, 9.17) is 32.7 Å². The molecule has 0 aliphatic carbocycles. The van der Waals surface area contributed by atoms with Crippen molar-refractivity contribution >= 4 is 50.7 Å². The average Bonchev–Trinajstić information content (AvgIpc) is 3.10. The molecule has 0 radical (unpaired) electrons. The van der Waals surface area contributed by atoms with Gasteiger partial charge in [0.2, 0.25) is 11.8 Å². The van der Waals surface area contributed by atoms with Crippen molar-refractivity contribution in [2.75, 3.05) is 24.1 Å². The van der Waals surface area contributed by atoms with Gasteiger partial charge in [0, 0.05) is 25.1 Å². The monoisotopic (exact) mass is 727 g/mol. The van der Waals surface area contributed by atoms with E-state index in [-0.39, 0.29) is 47.0 Å². The van der Waals surface area contributed by atoms with E-state index in [0.29, 0.717) is 29.4 Å². The summed E-state index contributed by atoms with van der Waals surface area (Å²) in [5, 5.41) is 3.55. The van der Waals surface area contributed by atoms with Gasteiger partial charge in [-0.1, -0.05) is 66.5 Å². The van der Waals surface area contributed by atoms with Crippen LogP contribution < -0.4 is 19.1 Å². The van der Waals surface area contributed by atoms with E-state index in [2.05, 4.69) is 5.32 Å². The minimum absolute atomic E-state index is 0.0443. The van der Waals surface area contributed by atoms with E-state index in [1.165, 1.54) is 35.2 Å². The van der Waals surface area contributed by atoms with Gasteiger partial charge >= 0.3 is 0 Å². The maximum absolute atomic E-state index is 14.6. The number of benzene rings is 4. The number of carbonyl (C=O) groups excluding carboxylic acids is 2. The summed E-state index contributed by atoms with van der Waals surface area (Å²) in [6, 6.07) is 21.8. The zero-order valence-electron chi connectivity index (χ0n) is 26.9. The van der Waals surface area contributed by atoms with Crippen molar-refractivity contribution in [3.05, 3.63) is 118 Å². The second-order valence-corrected chi connectivity index (χ2v) is 14.3. The molecule has 0 unspecified atom stereocenters. The summed E-state index contributed by atoms with van der Waals surface area (Å²) in [6.45, 7) is 3.53. The molecular formula is C36H36Cl2FN3O6S. The first-order valence-electron chi connectivity index (χ1n) is 15.7. The van der Waals surface area contributed by atoms with Gasteiger partial charge in [0.25, 0.3) is 10.0 Å². The second-order valence-electron chi connectivity index (χ2n) is 11.6. The molecule has 0 aromatic heterocycles. The highest BCUT2D eigenvalue weighted by atomic mass is 35.5. The van der Waals surface area contributed by atoms with Gasteiger partial charge in [0.15, 0.2) is 11.5 Å². The number of ether oxygens (including phenoxy) is 2. The quantitative estimate of drug-likeness (QED) is 0.165. The lowest BCUT2D eigenvalue weighted by molar-refractivity contribution is -0.140. The molecule has 2 atom stereocenters. The second kappa shape index (κ2) is 15.9. The number of hydrogen-bond donors (Lipinski definition) is 1. The van der Waals surface area contributed by atoms with Crippen LogP contribution in [0.2, 0.25) is 10.0 Å². The molecule has 1 heterocycles. The number of hydrogen-bond acceptors (Lipinski definition) is 6. The SMILES string of the molecule is CC[C@H](C)NC(=O)[C@@H](Cc1ccccc1)N(Cc1ccc(Cl)c(Cl)c1)C(=O)CN(c1ccc(F)cc1)S(=O)(=O)c1ccc2c(c1)OCCO2. The molecule has 1 aliphatic heterocycles. The Hall–Kier alpha value is -4.32. The summed E-state index contributed by atoms with van der Waals surface area (Å²) < 4.78 is 54.8. The number of nitrogens with one attached hydrogen (secondary N) is 1. The number of rotatable bonds is 13. The zero-order chi connectivity index (χ0) is 35.1. The minimum atomic E-state index is -4.45. The standard InChI is InChI=1S/C36H36Cl2FN3O6S/c1-3-24(2)40-36(44)32(20-25-7-5-4-6-8-25)41(22-26-9-15-30(37)31(38)19-26)35(43)23-42(28-12-10-27(39)11-13-28)49(45,46)29-14-16-33-34(21-29)48-18-17-47-33/h4-16,19,21,24,32H,3,17-18,20,22-23H2,1-2H3,(H,40,44)/t24-,32+/m0/s1. The van der Waals surface area contributed by atoms with Gasteiger partial charge in [-0.15, -0.1) is 0 Å². The highest BCUT2D eigenvalue weighted by Crippen LogP contribution is 2.34. The van der Waals surface area contributed by atoms with E-state index in [1.54, 1.807) is 18.2 Å². The lowest BCUT2D eigenvalue weighted by Gasteiger charge is -2.34. The van der Waals surface area contributed by atoms with Crippen LogP contribution in [0.3, 0.4) is 0 Å². The maximum atomic E-state index is 14.6. The van der Waals surface area contributed by atoms with Crippen LogP contribution in [-0.2, 0) is 32.6 Å². The molecule has 49 heavy (non-hydrogen) atoms. The van der Waals surface area contributed by atoms with Gasteiger partial charge in [-0.25, -0.2) is 12.8 Å². The number of anilines is 1. The van der Waals surface area contributed by atoms with Gasteiger partial charge in [-0.05, 0) is 73.0 Å². The molecule has 4 aromatic carbocycles. The van der Waals surface area contributed by atoms with Crippen molar-refractivity contribution < 1.29 is 31.9 Å². The van der Waals surface area contributed by atoms with E-state index in [1.807, 2.05) is 44.2 Å². The van der Waals surface area contributed by atoms with E-state index in [0.717, 1.165) is 22.0 Å². The Kier molecular flexibility index (Phi) is 11.7. The van der Waals surface area contributed by atoms with Crippen molar-refractivity contribution in [2.24, 2.45) is 0 Å². The fourth-order valence-corrected chi connectivity index (χ4v) is 7.03. The van der Waals surface area contributed by atoms with Crippen LogP contribution in [0, 0.1) is 5.82 Å². The third-order valence-corrected chi connectivity index (χ3v) is 10.6.